The molecule has 0 spiro atoms. The quantitative estimate of drug-likeness (QED) is 0.201. The zero-order chi connectivity index (χ0) is 21.2. The highest BCUT2D eigenvalue weighted by Gasteiger charge is 2.20. The molecule has 1 heterocycles. The number of rotatable bonds is 9. The summed E-state index contributed by atoms with van der Waals surface area (Å²) in [4.78, 5) is 22.3. The van der Waals surface area contributed by atoms with Gasteiger partial charge in [0.05, 0.1) is 18.3 Å². The molecule has 0 saturated carbocycles. The molecule has 29 heavy (non-hydrogen) atoms. The van der Waals surface area contributed by atoms with Crippen LogP contribution in [0.4, 0.5) is 4.39 Å². The minimum Gasteiger partial charge on any atom is -0.462 e. The van der Waals surface area contributed by atoms with Crippen LogP contribution in [-0.2, 0) is 4.74 Å². The second-order valence-corrected chi connectivity index (χ2v) is 8.41. The van der Waals surface area contributed by atoms with Gasteiger partial charge in [0.25, 0.3) is 0 Å². The average molecular weight is 439 g/mol. The van der Waals surface area contributed by atoms with E-state index in [1.165, 1.54) is 23.5 Å². The molecular weight excluding hydrogens is 411 g/mol. The normalized spacial score (nSPS) is 12.5. The standard InChI is InChI=1S/C20H27FN4O2S2/c1-5-27-19(26)17-13(2)24-18(29-17)14(3)25-20(22-4)23-11-6-12-28-16-9-7-15(21)8-10-16/h7-10,14H,5-6,11-12H2,1-4H3,(H2,22,23,25). The molecule has 0 radical (unpaired) electrons. The van der Waals surface area contributed by atoms with Crippen molar-refractivity contribution in [2.24, 2.45) is 4.99 Å². The molecule has 1 atom stereocenters. The fourth-order valence-electron chi connectivity index (χ4n) is 2.45. The monoisotopic (exact) mass is 438 g/mol. The van der Waals surface area contributed by atoms with E-state index < -0.39 is 0 Å². The lowest BCUT2D eigenvalue weighted by molar-refractivity contribution is 0.0531. The zero-order valence-electron chi connectivity index (χ0n) is 17.1. The molecule has 9 heteroatoms. The summed E-state index contributed by atoms with van der Waals surface area (Å²) in [6.07, 6.45) is 0.931. The number of aryl methyl sites for hydroxylation is 1. The summed E-state index contributed by atoms with van der Waals surface area (Å²) < 4.78 is 18.0. The summed E-state index contributed by atoms with van der Waals surface area (Å²) in [6, 6.07) is 6.43. The number of carbonyl (C=O) groups excluding carboxylic acids is 1. The lowest BCUT2D eigenvalue weighted by Gasteiger charge is -2.16. The lowest BCUT2D eigenvalue weighted by Crippen LogP contribution is -2.39. The van der Waals surface area contributed by atoms with Crippen LogP contribution in [0, 0.1) is 12.7 Å². The molecule has 0 fully saturated rings. The van der Waals surface area contributed by atoms with Crippen molar-refractivity contribution < 1.29 is 13.9 Å². The fourth-order valence-corrected chi connectivity index (χ4v) is 4.27. The van der Waals surface area contributed by atoms with E-state index in [1.54, 1.807) is 37.9 Å². The molecule has 1 aromatic carbocycles. The lowest BCUT2D eigenvalue weighted by atomic mass is 10.3. The van der Waals surface area contributed by atoms with Crippen molar-refractivity contribution in [3.8, 4) is 0 Å². The maximum Gasteiger partial charge on any atom is 0.350 e. The maximum absolute atomic E-state index is 12.9. The van der Waals surface area contributed by atoms with Gasteiger partial charge in [-0.25, -0.2) is 14.2 Å². The van der Waals surface area contributed by atoms with Crippen LogP contribution in [0.15, 0.2) is 34.2 Å². The minimum atomic E-state index is -0.331. The van der Waals surface area contributed by atoms with E-state index in [9.17, 15) is 9.18 Å². The van der Waals surface area contributed by atoms with Gasteiger partial charge in [-0.1, -0.05) is 0 Å². The fraction of sp³-hybridized carbons (Fsp3) is 0.450. The highest BCUT2D eigenvalue weighted by molar-refractivity contribution is 7.99. The predicted molar refractivity (Wildman–Crippen MR) is 117 cm³/mol. The Morgan fingerprint density at radius 2 is 2.10 bits per heavy atom. The van der Waals surface area contributed by atoms with E-state index >= 15 is 0 Å². The van der Waals surface area contributed by atoms with Crippen molar-refractivity contribution in [2.75, 3.05) is 26.0 Å². The van der Waals surface area contributed by atoms with Crippen LogP contribution in [-0.4, -0.2) is 42.9 Å². The number of nitrogens with zero attached hydrogens (tertiary/aromatic N) is 2. The molecule has 0 aliphatic carbocycles. The van der Waals surface area contributed by atoms with Gasteiger partial charge in [0.1, 0.15) is 15.7 Å². The van der Waals surface area contributed by atoms with Gasteiger partial charge in [0.2, 0.25) is 0 Å². The molecule has 2 N–H and O–H groups in total. The Kier molecular flexibility index (Phi) is 9.40. The zero-order valence-corrected chi connectivity index (χ0v) is 18.8. The number of aliphatic imine (C=N–C) groups is 1. The molecule has 158 valence electrons. The van der Waals surface area contributed by atoms with Crippen LogP contribution in [0.5, 0.6) is 0 Å². The Balaban J connectivity index is 1.78. The number of esters is 1. The molecule has 0 bridgehead atoms. The molecule has 1 unspecified atom stereocenters. The van der Waals surface area contributed by atoms with E-state index in [2.05, 4.69) is 20.6 Å². The second kappa shape index (κ2) is 11.8. The number of carbonyl (C=O) groups is 1. The maximum atomic E-state index is 12.9. The van der Waals surface area contributed by atoms with E-state index in [1.807, 2.05) is 13.8 Å². The number of hydrogen-bond acceptors (Lipinski definition) is 6. The van der Waals surface area contributed by atoms with Crippen LogP contribution in [0.25, 0.3) is 0 Å². The summed E-state index contributed by atoms with van der Waals surface area (Å²) in [5.74, 6) is 1.04. The number of thiazole rings is 1. The van der Waals surface area contributed by atoms with Gasteiger partial charge < -0.3 is 15.4 Å². The SMILES string of the molecule is CCOC(=O)c1sc(C(C)NC(=NC)NCCCSc2ccc(F)cc2)nc1C. The number of benzene rings is 1. The Hall–Kier alpha value is -2.13. The Morgan fingerprint density at radius 3 is 2.76 bits per heavy atom. The van der Waals surface area contributed by atoms with Gasteiger partial charge in [-0.2, -0.15) is 0 Å². The molecule has 2 rings (SSSR count). The van der Waals surface area contributed by atoms with Crippen LogP contribution < -0.4 is 10.6 Å². The number of halogens is 1. The van der Waals surface area contributed by atoms with Gasteiger partial charge in [0, 0.05) is 18.5 Å². The second-order valence-electron chi connectivity index (χ2n) is 6.21. The van der Waals surface area contributed by atoms with Gasteiger partial charge in [-0.3, -0.25) is 4.99 Å². The van der Waals surface area contributed by atoms with E-state index in [0.29, 0.717) is 23.1 Å². The first-order valence-electron chi connectivity index (χ1n) is 9.44. The Bertz CT molecular complexity index is 824. The molecule has 2 aromatic rings. The third-order valence-corrected chi connectivity index (χ3v) is 6.34. The molecule has 0 amide bonds. The molecule has 0 aliphatic heterocycles. The minimum absolute atomic E-state index is 0.0957. The molecule has 6 nitrogen and oxygen atoms in total. The van der Waals surface area contributed by atoms with Gasteiger partial charge >= 0.3 is 5.97 Å². The van der Waals surface area contributed by atoms with Crippen LogP contribution >= 0.6 is 23.1 Å². The number of thioether (sulfide) groups is 1. The Labute approximate surface area is 179 Å². The summed E-state index contributed by atoms with van der Waals surface area (Å²) >= 11 is 3.03. The van der Waals surface area contributed by atoms with Crippen molar-refractivity contribution in [3.63, 3.8) is 0 Å². The predicted octanol–water partition coefficient (Wildman–Crippen LogP) is 4.18. The number of aromatic nitrogens is 1. The molecule has 0 saturated heterocycles. The molecule has 0 aliphatic rings. The van der Waals surface area contributed by atoms with Crippen LogP contribution in [0.1, 0.15) is 46.7 Å². The van der Waals surface area contributed by atoms with Crippen molar-refractivity contribution in [1.82, 2.24) is 15.6 Å². The van der Waals surface area contributed by atoms with E-state index in [4.69, 9.17) is 4.74 Å². The molecule has 1 aromatic heterocycles. The average Bonchev–Trinajstić information content (AvgIpc) is 3.10. The summed E-state index contributed by atoms with van der Waals surface area (Å²) in [5.41, 5.74) is 0.679. The van der Waals surface area contributed by atoms with E-state index in [-0.39, 0.29) is 17.8 Å². The summed E-state index contributed by atoms with van der Waals surface area (Å²) in [5, 5.41) is 7.38. The highest BCUT2D eigenvalue weighted by Crippen LogP contribution is 2.24. The number of hydrogen-bond donors (Lipinski definition) is 2. The number of nitrogens with one attached hydrogen (secondary N) is 2. The number of ether oxygens (including phenoxy) is 1. The summed E-state index contributed by atoms with van der Waals surface area (Å²) in [6.45, 7) is 6.67. The van der Waals surface area contributed by atoms with Crippen molar-refractivity contribution in [3.05, 3.63) is 45.7 Å². The van der Waals surface area contributed by atoms with Crippen LogP contribution in [0.2, 0.25) is 0 Å². The first-order valence-corrected chi connectivity index (χ1v) is 11.2. The summed E-state index contributed by atoms with van der Waals surface area (Å²) in [7, 11) is 1.71. The first kappa shape index (κ1) is 23.2. The smallest absolute Gasteiger partial charge is 0.350 e. The number of guanidine groups is 1. The Morgan fingerprint density at radius 1 is 1.38 bits per heavy atom. The van der Waals surface area contributed by atoms with Crippen molar-refractivity contribution >= 4 is 35.0 Å². The van der Waals surface area contributed by atoms with Crippen LogP contribution in [0.3, 0.4) is 0 Å². The highest BCUT2D eigenvalue weighted by atomic mass is 32.2. The third kappa shape index (κ3) is 7.32. The van der Waals surface area contributed by atoms with Crippen molar-refractivity contribution in [1.29, 1.82) is 0 Å². The van der Waals surface area contributed by atoms with Gasteiger partial charge in [-0.05, 0) is 57.2 Å². The van der Waals surface area contributed by atoms with Gasteiger partial charge in [0.15, 0.2) is 5.96 Å². The molecular formula is C20H27FN4O2S2. The third-order valence-electron chi connectivity index (χ3n) is 3.92. The topological polar surface area (TPSA) is 75.6 Å². The largest absolute Gasteiger partial charge is 0.462 e. The van der Waals surface area contributed by atoms with Gasteiger partial charge in [-0.15, -0.1) is 23.1 Å². The van der Waals surface area contributed by atoms with Crippen molar-refractivity contribution in [2.45, 2.75) is 38.1 Å². The first-order chi connectivity index (χ1) is 13.9. The van der Waals surface area contributed by atoms with E-state index in [0.717, 1.165) is 28.6 Å².